The fourth-order valence-corrected chi connectivity index (χ4v) is 3.35. The van der Waals surface area contributed by atoms with E-state index in [0.717, 1.165) is 28.7 Å². The third-order valence-corrected chi connectivity index (χ3v) is 4.74. The number of hydrogen-bond donors (Lipinski definition) is 0. The molecule has 1 fully saturated rings. The molecule has 0 bridgehead atoms. The first kappa shape index (κ1) is 16.8. The lowest BCUT2D eigenvalue weighted by Gasteiger charge is -2.32. The Labute approximate surface area is 145 Å². The summed E-state index contributed by atoms with van der Waals surface area (Å²) in [6, 6.07) is 5.85. The lowest BCUT2D eigenvalue weighted by atomic mass is 10.1. The van der Waals surface area contributed by atoms with Gasteiger partial charge in [-0.1, -0.05) is 17.5 Å². The molecule has 1 amide bonds. The maximum atomic E-state index is 12.8. The van der Waals surface area contributed by atoms with Crippen molar-refractivity contribution in [3.63, 3.8) is 0 Å². The van der Waals surface area contributed by atoms with Crippen LogP contribution in [0.2, 0.25) is 0 Å². The maximum absolute atomic E-state index is 12.8. The molecule has 3 heterocycles. The van der Waals surface area contributed by atoms with Crippen LogP contribution in [0.1, 0.15) is 34.1 Å². The number of pyridine rings is 1. The van der Waals surface area contributed by atoms with Gasteiger partial charge in [-0.15, -0.1) is 5.10 Å². The van der Waals surface area contributed by atoms with Crippen molar-refractivity contribution >= 4 is 23.3 Å². The van der Waals surface area contributed by atoms with Crippen LogP contribution in [0.25, 0.3) is 0 Å². The van der Waals surface area contributed by atoms with Gasteiger partial charge in [0.2, 0.25) is 0 Å². The number of hydrogen-bond acceptors (Lipinski definition) is 7. The first-order valence-electron chi connectivity index (χ1n) is 7.96. The smallest absolute Gasteiger partial charge is 0.267 e. The van der Waals surface area contributed by atoms with Crippen molar-refractivity contribution in [1.82, 2.24) is 19.5 Å². The lowest BCUT2D eigenvalue weighted by Crippen LogP contribution is -2.42. The summed E-state index contributed by atoms with van der Waals surface area (Å²) in [5.41, 5.74) is 1.61. The molecule has 7 nitrogen and oxygen atoms in total. The predicted molar refractivity (Wildman–Crippen MR) is 92.4 cm³/mol. The van der Waals surface area contributed by atoms with Gasteiger partial charge >= 0.3 is 0 Å². The van der Waals surface area contributed by atoms with Gasteiger partial charge in [0.25, 0.3) is 5.91 Å². The number of carbonyl (C=O) groups excluding carboxylic acids is 1. The summed E-state index contributed by atoms with van der Waals surface area (Å²) in [5, 5.41) is 4.03. The molecule has 1 atom stereocenters. The third-order valence-electron chi connectivity index (χ3n) is 3.98. The van der Waals surface area contributed by atoms with Crippen LogP contribution < -0.4 is 4.90 Å². The van der Waals surface area contributed by atoms with Gasteiger partial charge in [0, 0.05) is 20.6 Å². The van der Waals surface area contributed by atoms with E-state index in [9.17, 15) is 4.79 Å². The van der Waals surface area contributed by atoms with E-state index in [0.29, 0.717) is 31.0 Å². The Hall–Kier alpha value is -2.06. The zero-order valence-electron chi connectivity index (χ0n) is 14.1. The highest BCUT2D eigenvalue weighted by Crippen LogP contribution is 2.24. The average Bonchev–Trinajstić information content (AvgIpc) is 3.10. The highest BCUT2D eigenvalue weighted by atomic mass is 32.1. The molecule has 3 rings (SSSR count). The van der Waals surface area contributed by atoms with E-state index in [-0.39, 0.29) is 12.0 Å². The molecule has 1 saturated heterocycles. The fourth-order valence-electron chi connectivity index (χ4n) is 2.63. The van der Waals surface area contributed by atoms with E-state index < -0.39 is 0 Å². The molecule has 1 aliphatic heterocycles. The zero-order chi connectivity index (χ0) is 17.1. The fraction of sp³-hybridized carbons (Fsp3) is 0.500. The number of ether oxygens (including phenoxy) is 1. The number of aromatic nitrogens is 3. The van der Waals surface area contributed by atoms with Crippen LogP contribution in [0, 0.1) is 0 Å². The van der Waals surface area contributed by atoms with Crippen LogP contribution in [0.3, 0.4) is 0 Å². The minimum Gasteiger partial charge on any atom is -0.368 e. The Morgan fingerprint density at radius 3 is 3.04 bits per heavy atom. The van der Waals surface area contributed by atoms with Gasteiger partial charge in [-0.3, -0.25) is 4.79 Å². The summed E-state index contributed by atoms with van der Waals surface area (Å²) in [6.07, 6.45) is 0.492. The standard InChI is InChI=1S/C16H21N5O2S/c1-4-11-15(24-19-18-11)16(22)21-8-9-23-13(10-21)12-6-5-7-14(17-12)20(2)3/h5-7,13H,4,8-10H2,1-3H3. The SMILES string of the molecule is CCc1nnsc1C(=O)N1CCOC(c2cccc(N(C)C)n2)C1. The molecule has 1 unspecified atom stereocenters. The van der Waals surface area contributed by atoms with E-state index in [1.165, 1.54) is 0 Å². The molecule has 0 spiro atoms. The van der Waals surface area contributed by atoms with Gasteiger partial charge in [-0.25, -0.2) is 4.98 Å². The van der Waals surface area contributed by atoms with Crippen molar-refractivity contribution in [1.29, 1.82) is 0 Å². The third kappa shape index (κ3) is 3.39. The molecule has 0 aromatic carbocycles. The molecule has 8 heteroatoms. The molecular weight excluding hydrogens is 326 g/mol. The number of morpholine rings is 1. The summed E-state index contributed by atoms with van der Waals surface area (Å²) in [6.45, 7) is 3.54. The van der Waals surface area contributed by atoms with Gasteiger partial charge in [-0.05, 0) is 30.1 Å². The largest absolute Gasteiger partial charge is 0.368 e. The van der Waals surface area contributed by atoms with Crippen LogP contribution in [0.4, 0.5) is 5.82 Å². The Morgan fingerprint density at radius 1 is 1.46 bits per heavy atom. The average molecular weight is 347 g/mol. The molecule has 2 aromatic heterocycles. The molecule has 24 heavy (non-hydrogen) atoms. The quantitative estimate of drug-likeness (QED) is 0.839. The number of carbonyl (C=O) groups is 1. The number of rotatable bonds is 4. The molecule has 128 valence electrons. The normalized spacial score (nSPS) is 17.8. The van der Waals surface area contributed by atoms with Crippen molar-refractivity contribution in [3.05, 3.63) is 34.5 Å². The summed E-state index contributed by atoms with van der Waals surface area (Å²) in [5.74, 6) is 0.860. The summed E-state index contributed by atoms with van der Waals surface area (Å²) < 4.78 is 9.76. The number of aryl methyl sites for hydroxylation is 1. The van der Waals surface area contributed by atoms with E-state index in [1.54, 1.807) is 0 Å². The van der Waals surface area contributed by atoms with Gasteiger partial charge < -0.3 is 14.5 Å². The summed E-state index contributed by atoms with van der Waals surface area (Å²) in [4.78, 5) is 21.8. The topological polar surface area (TPSA) is 71.5 Å². The molecule has 0 N–H and O–H groups in total. The molecule has 1 aliphatic rings. The van der Waals surface area contributed by atoms with Crippen molar-refractivity contribution in [2.75, 3.05) is 38.7 Å². The van der Waals surface area contributed by atoms with Crippen molar-refractivity contribution in [3.8, 4) is 0 Å². The van der Waals surface area contributed by atoms with Gasteiger partial charge in [0.05, 0.1) is 24.5 Å². The highest BCUT2D eigenvalue weighted by Gasteiger charge is 2.29. The van der Waals surface area contributed by atoms with Crippen LogP contribution in [-0.4, -0.2) is 59.2 Å². The van der Waals surface area contributed by atoms with Crippen molar-refractivity contribution < 1.29 is 9.53 Å². The zero-order valence-corrected chi connectivity index (χ0v) is 14.9. The molecule has 0 radical (unpaired) electrons. The Kier molecular flexibility index (Phi) is 5.06. The van der Waals surface area contributed by atoms with E-state index in [4.69, 9.17) is 4.74 Å². The van der Waals surface area contributed by atoms with Crippen molar-refractivity contribution in [2.24, 2.45) is 0 Å². The second-order valence-electron chi connectivity index (χ2n) is 5.83. The van der Waals surface area contributed by atoms with E-state index in [2.05, 4.69) is 14.6 Å². The van der Waals surface area contributed by atoms with Gasteiger partial charge in [0.15, 0.2) is 0 Å². The lowest BCUT2D eigenvalue weighted by molar-refractivity contribution is -0.0245. The Morgan fingerprint density at radius 2 is 2.29 bits per heavy atom. The van der Waals surface area contributed by atoms with Gasteiger partial charge in [-0.2, -0.15) is 0 Å². The van der Waals surface area contributed by atoms with Gasteiger partial charge in [0.1, 0.15) is 16.8 Å². The van der Waals surface area contributed by atoms with Crippen molar-refractivity contribution in [2.45, 2.75) is 19.4 Å². The summed E-state index contributed by atoms with van der Waals surface area (Å²) in [7, 11) is 3.90. The Balaban J connectivity index is 1.77. The number of amides is 1. The minimum atomic E-state index is -0.214. The molecular formula is C16H21N5O2S. The monoisotopic (exact) mass is 347 g/mol. The van der Waals surface area contributed by atoms with E-state index in [1.807, 2.05) is 49.0 Å². The van der Waals surface area contributed by atoms with Crippen LogP contribution in [-0.2, 0) is 11.2 Å². The van der Waals surface area contributed by atoms with Crippen LogP contribution in [0.5, 0.6) is 0 Å². The van der Waals surface area contributed by atoms with E-state index >= 15 is 0 Å². The first-order chi connectivity index (χ1) is 11.6. The second-order valence-corrected chi connectivity index (χ2v) is 6.58. The maximum Gasteiger partial charge on any atom is 0.267 e. The number of nitrogens with zero attached hydrogens (tertiary/aromatic N) is 5. The highest BCUT2D eigenvalue weighted by molar-refractivity contribution is 7.08. The van der Waals surface area contributed by atoms with Crippen LogP contribution >= 0.6 is 11.5 Å². The molecule has 0 saturated carbocycles. The predicted octanol–water partition coefficient (Wildman–Crippen LogP) is 1.78. The second kappa shape index (κ2) is 7.23. The molecule has 2 aromatic rings. The number of anilines is 1. The molecule has 0 aliphatic carbocycles. The Bertz CT molecular complexity index is 718. The summed E-state index contributed by atoms with van der Waals surface area (Å²) >= 11 is 1.16. The minimum absolute atomic E-state index is 0.0149. The first-order valence-corrected chi connectivity index (χ1v) is 8.74. The van der Waals surface area contributed by atoms with Crippen LogP contribution in [0.15, 0.2) is 18.2 Å².